The summed E-state index contributed by atoms with van der Waals surface area (Å²) in [6.45, 7) is 0. The van der Waals surface area contributed by atoms with Crippen LogP contribution in [-0.4, -0.2) is 0 Å². The Morgan fingerprint density at radius 3 is 0.900 bits per heavy atom. The Kier molecular flexibility index (Phi) is 5.99. The van der Waals surface area contributed by atoms with Gasteiger partial charge in [-0.05, 0) is 23.8 Å². The number of benzene rings is 3. The van der Waals surface area contributed by atoms with E-state index in [-0.39, 0.29) is 29.2 Å². The Morgan fingerprint density at radius 1 is 0.400 bits per heavy atom. The molecule has 0 radical (unpaired) electrons. The van der Waals surface area contributed by atoms with E-state index in [1.54, 1.807) is 0 Å². The third-order valence-corrected chi connectivity index (χ3v) is 5.49. The van der Waals surface area contributed by atoms with Gasteiger partial charge in [0.05, 0.1) is 0 Å². The molecule has 0 aromatic heterocycles. The van der Waals surface area contributed by atoms with Crippen LogP contribution in [0.15, 0.2) is 91.0 Å². The summed E-state index contributed by atoms with van der Waals surface area (Å²) in [7, 11) is -0.446. The van der Waals surface area contributed by atoms with Crippen LogP contribution in [0.2, 0.25) is 0 Å². The monoisotopic (exact) mass is 500 g/mol. The van der Waals surface area contributed by atoms with E-state index in [0.29, 0.717) is 0 Å². The minimum absolute atomic E-state index is 0. The van der Waals surface area contributed by atoms with E-state index in [1.807, 2.05) is 0 Å². The fraction of sp³-hybridized carbons (Fsp3) is 0. The van der Waals surface area contributed by atoms with Crippen molar-refractivity contribution in [3.8, 4) is 0 Å². The van der Waals surface area contributed by atoms with Crippen molar-refractivity contribution < 1.29 is 29.2 Å². The minimum atomic E-state index is -0.446. The Labute approximate surface area is 143 Å². The molecule has 0 heterocycles. The first-order valence-electron chi connectivity index (χ1n) is 6.40. The summed E-state index contributed by atoms with van der Waals surface area (Å²) in [6, 6.07) is 32.3. The average Bonchev–Trinajstić information content (AvgIpc) is 2.51. The van der Waals surface area contributed by atoms with Crippen molar-refractivity contribution in [2.75, 3.05) is 0 Å². The number of hydrogen-bond acceptors (Lipinski definition) is 0. The maximum Gasteiger partial charge on any atom is 0 e. The van der Waals surface area contributed by atoms with Crippen LogP contribution in [0.5, 0.6) is 0 Å². The van der Waals surface area contributed by atoms with Crippen LogP contribution in [0.1, 0.15) is 0 Å². The van der Waals surface area contributed by atoms with Crippen LogP contribution in [0, 0.1) is 29.2 Å². The van der Waals surface area contributed by atoms with E-state index < -0.39 is 7.92 Å². The second-order valence-corrected chi connectivity index (χ2v) is 6.56. The van der Waals surface area contributed by atoms with E-state index in [1.165, 1.54) is 15.9 Å². The summed E-state index contributed by atoms with van der Waals surface area (Å²) in [5.41, 5.74) is 0. The topological polar surface area (TPSA) is 0 Å². The molecule has 3 aromatic carbocycles. The van der Waals surface area contributed by atoms with Gasteiger partial charge in [0, 0.05) is 29.2 Å². The molecular weight excluding hydrogens is 491 g/mol. The first kappa shape index (κ1) is 15.5. The summed E-state index contributed by atoms with van der Waals surface area (Å²) >= 11 is 0. The fourth-order valence-electron chi connectivity index (χ4n) is 2.18. The Hall–Kier alpha value is -0.923. The molecule has 3 aromatic rings. The quantitative estimate of drug-likeness (QED) is 0.478. The molecule has 2 heteroatoms. The Morgan fingerprint density at radius 2 is 0.650 bits per heavy atom. The molecule has 0 spiro atoms. The van der Waals surface area contributed by atoms with E-state index in [4.69, 9.17) is 0 Å². The molecule has 0 fully saturated rings. The second-order valence-electron chi connectivity index (χ2n) is 4.34. The van der Waals surface area contributed by atoms with Crippen molar-refractivity contribution >= 4 is 23.8 Å². The van der Waals surface area contributed by atoms with Gasteiger partial charge >= 0.3 is 0 Å². The number of hydrogen-bond donors (Lipinski definition) is 0. The second kappa shape index (κ2) is 7.75. The van der Waals surface area contributed by atoms with E-state index in [2.05, 4.69) is 91.0 Å². The van der Waals surface area contributed by atoms with Crippen molar-refractivity contribution in [1.29, 1.82) is 0 Å². The van der Waals surface area contributed by atoms with Crippen LogP contribution in [0.4, 0.5) is 0 Å². The summed E-state index contributed by atoms with van der Waals surface area (Å²) < 4.78 is 0. The van der Waals surface area contributed by atoms with Crippen molar-refractivity contribution in [3.63, 3.8) is 0 Å². The minimum Gasteiger partial charge on any atom is -0.0622 e. The summed E-state index contributed by atoms with van der Waals surface area (Å²) in [6.07, 6.45) is 0. The number of rotatable bonds is 3. The van der Waals surface area contributed by atoms with Gasteiger partial charge < -0.3 is 0 Å². The SMILES string of the molecule is [Pu].c1ccc(P(c2ccccc2)c2ccccc2)cc1. The zero-order valence-corrected chi connectivity index (χ0v) is 15.3. The molecule has 0 nitrogen and oxygen atoms in total. The summed E-state index contributed by atoms with van der Waals surface area (Å²) in [5, 5.41) is 4.19. The molecule has 0 saturated carbocycles. The molecule has 0 saturated heterocycles. The largest absolute Gasteiger partial charge is 0.0622 e. The predicted octanol–water partition coefficient (Wildman–Crippen LogP) is 3.44. The molecule has 0 aliphatic heterocycles. The first-order valence-corrected chi connectivity index (χ1v) is 7.74. The van der Waals surface area contributed by atoms with Gasteiger partial charge in [-0.1, -0.05) is 91.0 Å². The van der Waals surface area contributed by atoms with Gasteiger partial charge in [0.1, 0.15) is 0 Å². The van der Waals surface area contributed by atoms with Crippen molar-refractivity contribution in [1.82, 2.24) is 0 Å². The smallest absolute Gasteiger partial charge is 0 e. The van der Waals surface area contributed by atoms with Crippen molar-refractivity contribution in [3.05, 3.63) is 91.0 Å². The van der Waals surface area contributed by atoms with Crippen molar-refractivity contribution in [2.24, 2.45) is 0 Å². The van der Waals surface area contributed by atoms with Crippen LogP contribution in [0.3, 0.4) is 0 Å². The van der Waals surface area contributed by atoms with Gasteiger partial charge in [0.25, 0.3) is 0 Å². The van der Waals surface area contributed by atoms with Gasteiger partial charge in [-0.2, -0.15) is 0 Å². The summed E-state index contributed by atoms with van der Waals surface area (Å²) in [4.78, 5) is 0. The molecule has 20 heavy (non-hydrogen) atoms. The molecule has 0 atom stereocenters. The third kappa shape index (κ3) is 3.59. The van der Waals surface area contributed by atoms with Gasteiger partial charge in [-0.25, -0.2) is 0 Å². The van der Waals surface area contributed by atoms with Crippen molar-refractivity contribution in [2.45, 2.75) is 0 Å². The normalized spacial score (nSPS) is 10.1. The van der Waals surface area contributed by atoms with Crippen LogP contribution in [-0.2, 0) is 0 Å². The molecule has 0 aliphatic rings. The third-order valence-electron chi connectivity index (χ3n) is 3.04. The van der Waals surface area contributed by atoms with Gasteiger partial charge in [0.2, 0.25) is 0 Å². The Bertz CT molecular complexity index is 529. The maximum atomic E-state index is 2.23. The van der Waals surface area contributed by atoms with Gasteiger partial charge in [0.15, 0.2) is 0 Å². The molecule has 0 N–H and O–H groups in total. The molecule has 3 rings (SSSR count). The molecular formula is C18H15PPu. The molecule has 98 valence electrons. The fourth-order valence-corrected chi connectivity index (χ4v) is 4.48. The van der Waals surface area contributed by atoms with Gasteiger partial charge in [-0.15, -0.1) is 0 Å². The molecule has 0 aliphatic carbocycles. The predicted molar refractivity (Wildman–Crippen MR) is 85.1 cm³/mol. The van der Waals surface area contributed by atoms with E-state index >= 15 is 0 Å². The van der Waals surface area contributed by atoms with Crippen LogP contribution < -0.4 is 15.9 Å². The average molecular weight is 506 g/mol. The Balaban J connectivity index is 0.00000147. The van der Waals surface area contributed by atoms with Crippen LogP contribution >= 0.6 is 7.92 Å². The summed E-state index contributed by atoms with van der Waals surface area (Å²) in [5.74, 6) is 0. The molecule has 0 unspecified atom stereocenters. The van der Waals surface area contributed by atoms with Crippen LogP contribution in [0.25, 0.3) is 0 Å². The standard InChI is InChI=1S/C18H15P.Pu/c1-4-10-16(11-5-1)19(17-12-6-2-7-13-17)18-14-8-3-9-15-18;/h1-15H;. The zero-order chi connectivity index (χ0) is 12.9. The van der Waals surface area contributed by atoms with E-state index in [9.17, 15) is 0 Å². The molecule has 0 bridgehead atoms. The van der Waals surface area contributed by atoms with E-state index in [0.717, 1.165) is 0 Å². The van der Waals surface area contributed by atoms with Gasteiger partial charge in [-0.3, -0.25) is 0 Å². The zero-order valence-electron chi connectivity index (χ0n) is 11.0. The molecule has 0 amide bonds. The first-order chi connectivity index (χ1) is 9.45. The maximum absolute atomic E-state index is 2.23.